The number of benzene rings is 1. The van der Waals surface area contributed by atoms with Gasteiger partial charge in [0.05, 0.1) is 0 Å². The molecule has 0 unspecified atom stereocenters. The molecule has 0 heterocycles. The summed E-state index contributed by atoms with van der Waals surface area (Å²) in [5.74, 6) is 0. The van der Waals surface area contributed by atoms with Crippen molar-refractivity contribution in [3.8, 4) is 0 Å². The molecule has 54 valence electrons. The number of halogens is 1. The molecule has 0 aliphatic heterocycles. The molecule has 0 saturated carbocycles. The highest BCUT2D eigenvalue weighted by atomic mass is 35.6. The highest BCUT2D eigenvalue weighted by Gasteiger charge is 1.88. The molecule has 0 saturated heterocycles. The first-order valence-electron chi connectivity index (χ1n) is 3.53. The zero-order valence-electron chi connectivity index (χ0n) is 5.89. The minimum absolute atomic E-state index is 0.258. The summed E-state index contributed by atoms with van der Waals surface area (Å²) < 4.78 is 0. The molecule has 0 spiro atoms. The lowest BCUT2D eigenvalue weighted by molar-refractivity contribution is 1.13. The molecule has 0 fully saturated rings. The summed E-state index contributed by atoms with van der Waals surface area (Å²) in [5, 5.41) is 0. The van der Waals surface area contributed by atoms with Crippen molar-refractivity contribution < 1.29 is 0 Å². The van der Waals surface area contributed by atoms with Gasteiger partial charge in [-0.05, 0) is 18.0 Å². The van der Waals surface area contributed by atoms with Gasteiger partial charge in [0.25, 0.3) is 0 Å². The Morgan fingerprint density at radius 2 is 1.90 bits per heavy atom. The second kappa shape index (κ2) is 4.53. The van der Waals surface area contributed by atoms with Crippen LogP contribution in [-0.2, 0) is 6.42 Å². The molecule has 0 bridgehead atoms. The summed E-state index contributed by atoms with van der Waals surface area (Å²) >= 11 is 5.69. The molecule has 2 heteroatoms. The van der Waals surface area contributed by atoms with Gasteiger partial charge in [0.15, 0.2) is 0 Å². The van der Waals surface area contributed by atoms with Crippen LogP contribution in [0.25, 0.3) is 0 Å². The van der Waals surface area contributed by atoms with Gasteiger partial charge in [0.2, 0.25) is 0 Å². The summed E-state index contributed by atoms with van der Waals surface area (Å²) in [7, 11) is -0.258. The molecule has 1 rings (SSSR count). The second-order valence-corrected chi connectivity index (χ2v) is 4.50. The maximum Gasteiger partial charge on any atom is 0.125 e. The molecule has 0 aliphatic rings. The molecular formula is C8H11ClSi. The van der Waals surface area contributed by atoms with Crippen molar-refractivity contribution in [2.75, 3.05) is 0 Å². The van der Waals surface area contributed by atoms with Crippen molar-refractivity contribution >= 4 is 19.9 Å². The lowest BCUT2D eigenvalue weighted by atomic mass is 10.2. The van der Waals surface area contributed by atoms with Crippen LogP contribution in [0, 0.1) is 0 Å². The normalized spacial score (nSPS) is 10.9. The second-order valence-electron chi connectivity index (χ2n) is 2.28. The van der Waals surface area contributed by atoms with Gasteiger partial charge < -0.3 is 0 Å². The Bertz CT molecular complexity index is 174. The van der Waals surface area contributed by atoms with Gasteiger partial charge in [-0.25, -0.2) is 0 Å². The molecule has 0 nitrogen and oxygen atoms in total. The average Bonchev–Trinajstić information content (AvgIpc) is 2.03. The fourth-order valence-corrected chi connectivity index (χ4v) is 1.86. The lowest BCUT2D eigenvalue weighted by Gasteiger charge is -1.95. The molecule has 1 aromatic carbocycles. The van der Waals surface area contributed by atoms with E-state index < -0.39 is 0 Å². The smallest absolute Gasteiger partial charge is 0.125 e. The molecule has 0 aromatic heterocycles. The Hall–Kier alpha value is -0.273. The fourth-order valence-electron chi connectivity index (χ4n) is 0.916. The van der Waals surface area contributed by atoms with E-state index in [4.69, 9.17) is 11.1 Å². The quantitative estimate of drug-likeness (QED) is 0.481. The molecule has 0 amide bonds. The zero-order valence-corrected chi connectivity index (χ0v) is 8.06. The van der Waals surface area contributed by atoms with Crippen molar-refractivity contribution in [1.29, 1.82) is 0 Å². The van der Waals surface area contributed by atoms with Gasteiger partial charge in [-0.3, -0.25) is 0 Å². The predicted octanol–water partition coefficient (Wildman–Crippen LogP) is 1.97. The molecule has 0 aliphatic carbocycles. The first-order valence-corrected chi connectivity index (χ1v) is 6.67. The van der Waals surface area contributed by atoms with Crippen LogP contribution in [0.3, 0.4) is 0 Å². The Labute approximate surface area is 68.7 Å². The third kappa shape index (κ3) is 2.54. The van der Waals surface area contributed by atoms with Gasteiger partial charge in [-0.2, -0.15) is 11.1 Å². The molecule has 10 heavy (non-hydrogen) atoms. The molecular weight excluding hydrogens is 160 g/mol. The molecule has 0 N–H and O–H groups in total. The minimum Gasteiger partial charge on any atom is -0.176 e. The van der Waals surface area contributed by atoms with Crippen LogP contribution >= 0.6 is 11.1 Å². The number of aryl methyl sites for hydroxylation is 1. The fraction of sp³-hybridized carbons (Fsp3) is 0.250. The maximum atomic E-state index is 5.69. The minimum atomic E-state index is -0.258. The van der Waals surface area contributed by atoms with E-state index in [0.717, 1.165) is 6.42 Å². The van der Waals surface area contributed by atoms with E-state index in [1.165, 1.54) is 11.6 Å². The van der Waals surface area contributed by atoms with Gasteiger partial charge in [0.1, 0.15) is 8.83 Å². The van der Waals surface area contributed by atoms with Gasteiger partial charge in [0, 0.05) is 0 Å². The summed E-state index contributed by atoms with van der Waals surface area (Å²) in [6, 6.07) is 11.7. The standard InChI is InChI=1S/C8H11ClSi/c9-10-7-6-8-4-2-1-3-5-8/h1-5H,6-7,10H2. The summed E-state index contributed by atoms with van der Waals surface area (Å²) in [5.41, 5.74) is 1.41. The van der Waals surface area contributed by atoms with Crippen LogP contribution in [0.4, 0.5) is 0 Å². The lowest BCUT2D eigenvalue weighted by Crippen LogP contribution is -1.85. The zero-order chi connectivity index (χ0) is 7.23. The van der Waals surface area contributed by atoms with Crippen LogP contribution in [0.2, 0.25) is 6.04 Å². The number of hydrogen-bond acceptors (Lipinski definition) is 0. The topological polar surface area (TPSA) is 0 Å². The summed E-state index contributed by atoms with van der Waals surface area (Å²) in [6.45, 7) is 0. The van der Waals surface area contributed by atoms with Crippen molar-refractivity contribution in [2.24, 2.45) is 0 Å². The van der Waals surface area contributed by atoms with E-state index in [9.17, 15) is 0 Å². The molecule has 1 aromatic rings. The van der Waals surface area contributed by atoms with Crippen LogP contribution in [-0.4, -0.2) is 8.83 Å². The number of hydrogen-bond donors (Lipinski definition) is 0. The van der Waals surface area contributed by atoms with E-state index in [1.807, 2.05) is 6.07 Å². The third-order valence-corrected chi connectivity index (χ3v) is 2.86. The monoisotopic (exact) mass is 170 g/mol. The van der Waals surface area contributed by atoms with Gasteiger partial charge in [-0.1, -0.05) is 30.3 Å². The Kier molecular flexibility index (Phi) is 3.55. The van der Waals surface area contributed by atoms with Crippen LogP contribution in [0.15, 0.2) is 30.3 Å². The molecule has 0 radical (unpaired) electrons. The predicted molar refractivity (Wildman–Crippen MR) is 49.4 cm³/mol. The van der Waals surface area contributed by atoms with Crippen LogP contribution < -0.4 is 0 Å². The summed E-state index contributed by atoms with van der Waals surface area (Å²) in [4.78, 5) is 0. The first-order chi connectivity index (χ1) is 4.93. The highest BCUT2D eigenvalue weighted by molar-refractivity contribution is 6.93. The Balaban J connectivity index is 2.43. The Morgan fingerprint density at radius 1 is 1.20 bits per heavy atom. The third-order valence-electron chi connectivity index (χ3n) is 1.44. The van der Waals surface area contributed by atoms with Crippen LogP contribution in [0.1, 0.15) is 5.56 Å². The van der Waals surface area contributed by atoms with Crippen molar-refractivity contribution in [1.82, 2.24) is 0 Å². The Morgan fingerprint density at radius 3 is 2.50 bits per heavy atom. The summed E-state index contributed by atoms with van der Waals surface area (Å²) in [6.07, 6.45) is 1.16. The SMILES string of the molecule is Cl[SiH2]CCc1ccccc1. The molecule has 0 atom stereocenters. The number of rotatable bonds is 3. The van der Waals surface area contributed by atoms with E-state index >= 15 is 0 Å². The largest absolute Gasteiger partial charge is 0.176 e. The van der Waals surface area contributed by atoms with Gasteiger partial charge >= 0.3 is 0 Å². The first kappa shape index (κ1) is 7.83. The van der Waals surface area contributed by atoms with Crippen LogP contribution in [0.5, 0.6) is 0 Å². The van der Waals surface area contributed by atoms with Crippen molar-refractivity contribution in [3.63, 3.8) is 0 Å². The van der Waals surface area contributed by atoms with Gasteiger partial charge in [-0.15, -0.1) is 0 Å². The van der Waals surface area contributed by atoms with E-state index in [1.54, 1.807) is 0 Å². The van der Waals surface area contributed by atoms with E-state index in [2.05, 4.69) is 24.3 Å². The maximum absolute atomic E-state index is 5.69. The van der Waals surface area contributed by atoms with E-state index in [0.29, 0.717) is 0 Å². The van der Waals surface area contributed by atoms with E-state index in [-0.39, 0.29) is 8.83 Å². The van der Waals surface area contributed by atoms with Crippen molar-refractivity contribution in [3.05, 3.63) is 35.9 Å². The average molecular weight is 171 g/mol. The van der Waals surface area contributed by atoms with Crippen molar-refractivity contribution in [2.45, 2.75) is 12.5 Å². The highest BCUT2D eigenvalue weighted by Crippen LogP contribution is 2.02.